The van der Waals surface area contributed by atoms with Crippen LogP contribution in [-0.4, -0.2) is 31.6 Å². The molecule has 1 aromatic carbocycles. The van der Waals surface area contributed by atoms with Crippen LogP contribution >= 0.6 is 0 Å². The van der Waals surface area contributed by atoms with Crippen molar-refractivity contribution in [1.29, 1.82) is 0 Å². The van der Waals surface area contributed by atoms with E-state index >= 15 is 0 Å². The van der Waals surface area contributed by atoms with Crippen molar-refractivity contribution >= 4 is 0 Å². The predicted molar refractivity (Wildman–Crippen MR) is 95.0 cm³/mol. The Morgan fingerprint density at radius 1 is 1.13 bits per heavy atom. The van der Waals surface area contributed by atoms with Crippen molar-refractivity contribution in [2.75, 3.05) is 26.7 Å². The number of rotatable bonds is 4. The van der Waals surface area contributed by atoms with Gasteiger partial charge < -0.3 is 9.64 Å². The molecule has 3 fully saturated rings. The fourth-order valence-electron chi connectivity index (χ4n) is 5.33. The molecule has 0 amide bonds. The smallest absolute Gasteiger partial charge is 0.119 e. The number of likely N-dealkylation sites (tertiary alicyclic amines) is 1. The average molecular weight is 313 g/mol. The summed E-state index contributed by atoms with van der Waals surface area (Å²) in [4.78, 5) is 2.79. The topological polar surface area (TPSA) is 12.5 Å². The normalized spacial score (nSPS) is 32.1. The van der Waals surface area contributed by atoms with E-state index in [1.54, 1.807) is 12.7 Å². The zero-order valence-corrected chi connectivity index (χ0v) is 14.6. The lowest BCUT2D eigenvalue weighted by Gasteiger charge is -2.52. The third-order valence-corrected chi connectivity index (χ3v) is 6.95. The molecule has 1 aliphatic heterocycles. The maximum absolute atomic E-state index is 5.51. The van der Waals surface area contributed by atoms with E-state index in [0.29, 0.717) is 5.41 Å². The Balaban J connectivity index is 1.55. The molecule has 1 saturated heterocycles. The lowest BCUT2D eigenvalue weighted by molar-refractivity contribution is 0.0392. The van der Waals surface area contributed by atoms with Crippen LogP contribution in [0.25, 0.3) is 0 Å². The van der Waals surface area contributed by atoms with Crippen molar-refractivity contribution in [1.82, 2.24) is 4.90 Å². The van der Waals surface area contributed by atoms with Gasteiger partial charge in [0, 0.05) is 18.5 Å². The Hall–Kier alpha value is -1.02. The van der Waals surface area contributed by atoms with E-state index in [-0.39, 0.29) is 0 Å². The molecular formula is C21H31NO. The van der Waals surface area contributed by atoms with Crippen LogP contribution in [0.15, 0.2) is 24.3 Å². The molecule has 1 heterocycles. The largest absolute Gasteiger partial charge is 0.497 e. The van der Waals surface area contributed by atoms with Gasteiger partial charge in [-0.3, -0.25) is 0 Å². The van der Waals surface area contributed by atoms with Gasteiger partial charge in [-0.25, -0.2) is 0 Å². The lowest BCUT2D eigenvalue weighted by atomic mass is 9.59. The van der Waals surface area contributed by atoms with Gasteiger partial charge in [-0.1, -0.05) is 31.4 Å². The van der Waals surface area contributed by atoms with Crippen LogP contribution in [0, 0.1) is 11.8 Å². The van der Waals surface area contributed by atoms with Gasteiger partial charge in [0.25, 0.3) is 0 Å². The van der Waals surface area contributed by atoms with Gasteiger partial charge >= 0.3 is 0 Å². The molecular weight excluding hydrogens is 282 g/mol. The lowest BCUT2D eigenvalue weighted by Crippen LogP contribution is -2.52. The molecule has 2 aliphatic carbocycles. The first-order valence-corrected chi connectivity index (χ1v) is 9.67. The molecule has 0 spiro atoms. The van der Waals surface area contributed by atoms with E-state index in [2.05, 4.69) is 29.2 Å². The van der Waals surface area contributed by atoms with Crippen LogP contribution < -0.4 is 4.74 Å². The van der Waals surface area contributed by atoms with Gasteiger partial charge in [-0.05, 0) is 68.2 Å². The van der Waals surface area contributed by atoms with Crippen LogP contribution in [0.4, 0.5) is 0 Å². The molecule has 1 aromatic rings. The van der Waals surface area contributed by atoms with Crippen LogP contribution in [0.3, 0.4) is 0 Å². The summed E-state index contributed by atoms with van der Waals surface area (Å²) < 4.78 is 5.51. The van der Waals surface area contributed by atoms with Crippen molar-refractivity contribution < 1.29 is 4.74 Å². The number of hydrogen-bond acceptors (Lipinski definition) is 2. The predicted octanol–water partition coefficient (Wildman–Crippen LogP) is 4.63. The second kappa shape index (κ2) is 6.47. The molecule has 0 N–H and O–H groups in total. The third kappa shape index (κ3) is 2.91. The number of nitrogens with zero attached hydrogens (tertiary/aromatic N) is 1. The standard InChI is InChI=1S/C21H31NO/c1-23-20-10-5-9-18(14-20)21-11-3-2-8-19(21)16-22(13-12-21)15-17-6-4-7-17/h5,9-10,14,17,19H,2-4,6-8,11-13,15-16H2,1H3/t19-,21+/m0/s1. The first kappa shape index (κ1) is 15.5. The van der Waals surface area contributed by atoms with Crippen molar-refractivity contribution in [3.05, 3.63) is 29.8 Å². The summed E-state index contributed by atoms with van der Waals surface area (Å²) in [6.45, 7) is 3.99. The highest BCUT2D eigenvalue weighted by atomic mass is 16.5. The SMILES string of the molecule is COc1cccc([C@]23CCCC[C@H]2CN(CC2CCC2)CC3)c1. The molecule has 0 radical (unpaired) electrons. The molecule has 2 atom stereocenters. The van der Waals surface area contributed by atoms with Gasteiger partial charge in [-0.15, -0.1) is 0 Å². The van der Waals surface area contributed by atoms with E-state index in [1.165, 1.54) is 71.0 Å². The summed E-state index contributed by atoms with van der Waals surface area (Å²) in [6, 6.07) is 8.96. The van der Waals surface area contributed by atoms with Crippen LogP contribution in [0.1, 0.15) is 56.9 Å². The van der Waals surface area contributed by atoms with Gasteiger partial charge in [0.1, 0.15) is 5.75 Å². The van der Waals surface area contributed by atoms with Gasteiger partial charge in [0.2, 0.25) is 0 Å². The van der Waals surface area contributed by atoms with Crippen molar-refractivity contribution in [2.24, 2.45) is 11.8 Å². The van der Waals surface area contributed by atoms with E-state index in [0.717, 1.165) is 17.6 Å². The Kier molecular flexibility index (Phi) is 4.36. The van der Waals surface area contributed by atoms with Crippen molar-refractivity contribution in [3.63, 3.8) is 0 Å². The summed E-state index contributed by atoms with van der Waals surface area (Å²) in [5.41, 5.74) is 1.97. The van der Waals surface area contributed by atoms with E-state index in [9.17, 15) is 0 Å². The van der Waals surface area contributed by atoms with Gasteiger partial charge in [-0.2, -0.15) is 0 Å². The molecule has 4 rings (SSSR count). The number of piperidine rings is 1. The minimum Gasteiger partial charge on any atom is -0.497 e. The first-order valence-electron chi connectivity index (χ1n) is 9.67. The zero-order chi connectivity index (χ0) is 15.7. The maximum Gasteiger partial charge on any atom is 0.119 e. The second-order valence-corrected chi connectivity index (χ2v) is 8.14. The monoisotopic (exact) mass is 313 g/mol. The van der Waals surface area contributed by atoms with Crippen molar-refractivity contribution in [3.8, 4) is 5.75 Å². The molecule has 23 heavy (non-hydrogen) atoms. The maximum atomic E-state index is 5.51. The number of hydrogen-bond donors (Lipinski definition) is 0. The molecule has 0 aromatic heterocycles. The minimum absolute atomic E-state index is 0.420. The van der Waals surface area contributed by atoms with Crippen LogP contribution in [0.2, 0.25) is 0 Å². The average Bonchev–Trinajstić information content (AvgIpc) is 2.58. The summed E-state index contributed by atoms with van der Waals surface area (Å²) in [6.07, 6.45) is 11.4. The van der Waals surface area contributed by atoms with Crippen molar-refractivity contribution in [2.45, 2.75) is 56.8 Å². The highest BCUT2D eigenvalue weighted by Crippen LogP contribution is 2.49. The Morgan fingerprint density at radius 3 is 2.83 bits per heavy atom. The zero-order valence-electron chi connectivity index (χ0n) is 14.6. The van der Waals surface area contributed by atoms with Gasteiger partial charge in [0.15, 0.2) is 0 Å². The molecule has 2 saturated carbocycles. The fraction of sp³-hybridized carbons (Fsp3) is 0.714. The summed E-state index contributed by atoms with van der Waals surface area (Å²) >= 11 is 0. The number of fused-ring (bicyclic) bond motifs is 1. The molecule has 0 bridgehead atoms. The molecule has 126 valence electrons. The Bertz CT molecular complexity index is 538. The quantitative estimate of drug-likeness (QED) is 0.803. The first-order chi connectivity index (χ1) is 11.3. The molecule has 2 nitrogen and oxygen atoms in total. The molecule has 3 aliphatic rings. The molecule has 0 unspecified atom stereocenters. The minimum atomic E-state index is 0.420. The van der Waals surface area contributed by atoms with E-state index < -0.39 is 0 Å². The van der Waals surface area contributed by atoms with Crippen LogP contribution in [0.5, 0.6) is 5.75 Å². The number of ether oxygens (including phenoxy) is 1. The number of benzene rings is 1. The summed E-state index contributed by atoms with van der Waals surface area (Å²) in [7, 11) is 1.79. The Morgan fingerprint density at radius 2 is 2.04 bits per heavy atom. The summed E-state index contributed by atoms with van der Waals surface area (Å²) in [5.74, 6) is 2.87. The molecule has 2 heteroatoms. The fourth-order valence-corrected chi connectivity index (χ4v) is 5.33. The van der Waals surface area contributed by atoms with E-state index in [4.69, 9.17) is 4.74 Å². The highest BCUT2D eigenvalue weighted by molar-refractivity contribution is 5.35. The van der Waals surface area contributed by atoms with Gasteiger partial charge in [0.05, 0.1) is 7.11 Å². The Labute approximate surface area is 141 Å². The third-order valence-electron chi connectivity index (χ3n) is 6.95. The second-order valence-electron chi connectivity index (χ2n) is 8.14. The highest BCUT2D eigenvalue weighted by Gasteiger charge is 2.45. The van der Waals surface area contributed by atoms with E-state index in [1.807, 2.05) is 0 Å². The number of methoxy groups -OCH3 is 1. The summed E-state index contributed by atoms with van der Waals surface area (Å²) in [5, 5.41) is 0. The van der Waals surface area contributed by atoms with Crippen LogP contribution in [-0.2, 0) is 5.41 Å².